The van der Waals surface area contributed by atoms with Gasteiger partial charge in [-0.3, -0.25) is 4.79 Å². The Morgan fingerprint density at radius 3 is 3.04 bits per heavy atom. The van der Waals surface area contributed by atoms with Crippen LogP contribution in [-0.2, 0) is 28.2 Å². The molecule has 1 fully saturated rings. The number of thioether (sulfide) groups is 1. The Morgan fingerprint density at radius 2 is 2.26 bits per heavy atom. The van der Waals surface area contributed by atoms with Crippen molar-refractivity contribution in [1.82, 2.24) is 19.7 Å². The summed E-state index contributed by atoms with van der Waals surface area (Å²) in [4.78, 5) is 15.8. The van der Waals surface area contributed by atoms with Crippen molar-refractivity contribution in [1.29, 1.82) is 0 Å². The molecule has 0 aliphatic carbocycles. The van der Waals surface area contributed by atoms with E-state index in [1.54, 1.807) is 23.1 Å². The highest BCUT2D eigenvalue weighted by atomic mass is 32.2. The van der Waals surface area contributed by atoms with Crippen molar-refractivity contribution in [2.24, 2.45) is 5.73 Å². The van der Waals surface area contributed by atoms with Crippen LogP contribution in [-0.4, -0.2) is 38.4 Å². The molecule has 1 aliphatic heterocycles. The van der Waals surface area contributed by atoms with E-state index in [9.17, 15) is 4.79 Å². The number of nitrogens with two attached hydrogens (primary N) is 1. The van der Waals surface area contributed by atoms with Crippen molar-refractivity contribution in [3.05, 3.63) is 35.1 Å². The van der Waals surface area contributed by atoms with Gasteiger partial charge in [0.2, 0.25) is 5.91 Å². The average molecular weight is 404 g/mol. The van der Waals surface area contributed by atoms with Gasteiger partial charge in [0.25, 0.3) is 0 Å². The summed E-state index contributed by atoms with van der Waals surface area (Å²) in [5, 5.41) is 10.5. The van der Waals surface area contributed by atoms with Gasteiger partial charge in [-0.1, -0.05) is 23.9 Å². The zero-order chi connectivity index (χ0) is 18.6. The number of thiazole rings is 1. The summed E-state index contributed by atoms with van der Waals surface area (Å²) in [5.74, 6) is 1.19. The first-order valence-electron chi connectivity index (χ1n) is 8.98. The second kappa shape index (κ2) is 8.37. The molecule has 9 heteroatoms. The Hall–Kier alpha value is -1.97. The van der Waals surface area contributed by atoms with Crippen LogP contribution in [0.25, 0.3) is 10.2 Å². The van der Waals surface area contributed by atoms with Crippen molar-refractivity contribution in [3.63, 3.8) is 0 Å². The second-order valence-electron chi connectivity index (χ2n) is 6.47. The minimum absolute atomic E-state index is 0.176. The number of nitrogens with zero attached hydrogens (tertiary/aromatic N) is 4. The number of para-hydroxylation sites is 1. The van der Waals surface area contributed by atoms with Crippen LogP contribution in [0.1, 0.15) is 30.1 Å². The van der Waals surface area contributed by atoms with Gasteiger partial charge < -0.3 is 15.0 Å². The average Bonchev–Trinajstić information content (AvgIpc) is 3.38. The van der Waals surface area contributed by atoms with E-state index in [1.165, 1.54) is 4.70 Å². The predicted molar refractivity (Wildman–Crippen MR) is 106 cm³/mol. The topological polar surface area (TPSA) is 95.9 Å². The van der Waals surface area contributed by atoms with E-state index in [-0.39, 0.29) is 18.4 Å². The summed E-state index contributed by atoms with van der Waals surface area (Å²) in [6.07, 6.45) is 3.06. The molecule has 1 atom stereocenters. The third kappa shape index (κ3) is 4.48. The van der Waals surface area contributed by atoms with E-state index in [0.29, 0.717) is 13.0 Å². The van der Waals surface area contributed by atoms with E-state index in [1.807, 2.05) is 18.2 Å². The largest absolute Gasteiger partial charge is 0.376 e. The number of rotatable bonds is 8. The number of benzene rings is 1. The quantitative estimate of drug-likeness (QED) is 0.581. The highest BCUT2D eigenvalue weighted by molar-refractivity contribution is 7.98. The number of fused-ring (bicyclic) bond motifs is 1. The number of ether oxygens (including phenoxy) is 1. The molecule has 7 nitrogen and oxygen atoms in total. The molecule has 1 amide bonds. The predicted octanol–water partition coefficient (Wildman–Crippen LogP) is 2.78. The second-order valence-corrected chi connectivity index (χ2v) is 8.53. The molecule has 142 valence electrons. The number of amides is 1. The molecule has 0 spiro atoms. The van der Waals surface area contributed by atoms with E-state index < -0.39 is 0 Å². The highest BCUT2D eigenvalue weighted by Crippen LogP contribution is 2.29. The maximum atomic E-state index is 11.2. The molecule has 3 aromatic rings. The van der Waals surface area contributed by atoms with Crippen molar-refractivity contribution in [2.75, 3.05) is 6.61 Å². The van der Waals surface area contributed by atoms with Gasteiger partial charge in [0.05, 0.1) is 28.6 Å². The fourth-order valence-electron chi connectivity index (χ4n) is 3.13. The van der Waals surface area contributed by atoms with Crippen molar-refractivity contribution in [3.8, 4) is 0 Å². The van der Waals surface area contributed by atoms with Crippen LogP contribution >= 0.6 is 23.1 Å². The molecule has 1 saturated heterocycles. The molecule has 0 saturated carbocycles. The molecule has 1 aliphatic rings. The van der Waals surface area contributed by atoms with Crippen molar-refractivity contribution >= 4 is 39.2 Å². The van der Waals surface area contributed by atoms with Gasteiger partial charge in [0.15, 0.2) is 5.16 Å². The number of hydrogen-bond acceptors (Lipinski definition) is 7. The zero-order valence-electron chi connectivity index (χ0n) is 14.8. The molecule has 0 bridgehead atoms. The molecule has 0 radical (unpaired) electrons. The van der Waals surface area contributed by atoms with Crippen molar-refractivity contribution in [2.45, 2.75) is 49.2 Å². The lowest BCUT2D eigenvalue weighted by Crippen LogP contribution is -2.19. The number of aryl methyl sites for hydroxylation is 1. The molecular formula is C18H21N5O2S2. The Bertz CT molecular complexity index is 900. The van der Waals surface area contributed by atoms with Gasteiger partial charge in [-0.2, -0.15) is 0 Å². The Labute approximate surface area is 165 Å². The molecule has 1 aromatic carbocycles. The molecule has 2 aromatic heterocycles. The number of carbonyl (C=O) groups excluding carboxylic acids is 1. The molecular weight excluding hydrogens is 382 g/mol. The van der Waals surface area contributed by atoms with Crippen LogP contribution in [0.2, 0.25) is 0 Å². The Morgan fingerprint density at radius 1 is 1.37 bits per heavy atom. The van der Waals surface area contributed by atoms with Crippen molar-refractivity contribution < 1.29 is 9.53 Å². The van der Waals surface area contributed by atoms with Crippen LogP contribution in [0.4, 0.5) is 0 Å². The van der Waals surface area contributed by atoms with Crippen LogP contribution in [0.15, 0.2) is 29.4 Å². The smallest absolute Gasteiger partial charge is 0.217 e. The minimum atomic E-state index is -0.328. The first-order valence-corrected chi connectivity index (χ1v) is 10.8. The first-order chi connectivity index (χ1) is 13.2. The zero-order valence-corrected chi connectivity index (χ0v) is 16.5. The summed E-state index contributed by atoms with van der Waals surface area (Å²) in [6, 6.07) is 8.15. The molecule has 3 heterocycles. The lowest BCUT2D eigenvalue weighted by atomic mass is 10.2. The number of carbonyl (C=O) groups is 1. The maximum absolute atomic E-state index is 11.2. The van der Waals surface area contributed by atoms with Gasteiger partial charge in [-0.05, 0) is 25.0 Å². The Kier molecular flexibility index (Phi) is 5.70. The van der Waals surface area contributed by atoms with Gasteiger partial charge >= 0.3 is 0 Å². The monoisotopic (exact) mass is 403 g/mol. The third-order valence-electron chi connectivity index (χ3n) is 4.46. The molecule has 4 rings (SSSR count). The summed E-state index contributed by atoms with van der Waals surface area (Å²) in [7, 11) is 0. The lowest BCUT2D eigenvalue weighted by molar-refractivity contribution is -0.118. The number of aromatic nitrogens is 4. The number of primary amides is 1. The van der Waals surface area contributed by atoms with Gasteiger partial charge in [-0.25, -0.2) is 4.98 Å². The number of hydrogen-bond donors (Lipinski definition) is 1. The van der Waals surface area contributed by atoms with E-state index in [0.717, 1.165) is 46.7 Å². The van der Waals surface area contributed by atoms with Gasteiger partial charge in [0, 0.05) is 19.4 Å². The van der Waals surface area contributed by atoms with Crippen LogP contribution in [0.3, 0.4) is 0 Å². The van der Waals surface area contributed by atoms with Gasteiger partial charge in [0.1, 0.15) is 10.8 Å². The molecule has 1 unspecified atom stereocenters. The Balaban J connectivity index is 1.50. The van der Waals surface area contributed by atoms with E-state index in [2.05, 4.69) is 25.8 Å². The standard InChI is InChI=1S/C18H21N5O2S2/c19-15(24)7-8-16-21-22-18(23(16)10-12-4-3-9-25-12)26-11-17-20-13-5-1-2-6-14(13)27-17/h1-2,5-6,12H,3-4,7-11H2,(H2,19,24). The third-order valence-corrected chi connectivity index (χ3v) is 6.66. The minimum Gasteiger partial charge on any atom is -0.376 e. The van der Waals surface area contributed by atoms with Crippen LogP contribution < -0.4 is 5.73 Å². The fraction of sp³-hybridized carbons (Fsp3) is 0.444. The van der Waals surface area contributed by atoms with E-state index >= 15 is 0 Å². The first kappa shape index (κ1) is 18.4. The summed E-state index contributed by atoms with van der Waals surface area (Å²) < 4.78 is 9.05. The van der Waals surface area contributed by atoms with E-state index in [4.69, 9.17) is 10.5 Å². The lowest BCUT2D eigenvalue weighted by Gasteiger charge is -2.14. The normalized spacial score (nSPS) is 17.0. The highest BCUT2D eigenvalue weighted by Gasteiger charge is 2.21. The SMILES string of the molecule is NC(=O)CCc1nnc(SCc2nc3ccccc3s2)n1CC1CCCO1. The van der Waals surface area contributed by atoms with Crippen LogP contribution in [0.5, 0.6) is 0 Å². The summed E-state index contributed by atoms with van der Waals surface area (Å²) in [5.41, 5.74) is 6.33. The van der Waals surface area contributed by atoms with Crippen LogP contribution in [0, 0.1) is 0 Å². The summed E-state index contributed by atoms with van der Waals surface area (Å²) >= 11 is 3.32. The molecule has 2 N–H and O–H groups in total. The van der Waals surface area contributed by atoms with Gasteiger partial charge in [-0.15, -0.1) is 21.5 Å². The fourth-order valence-corrected chi connectivity index (χ4v) is 5.06. The molecule has 27 heavy (non-hydrogen) atoms. The maximum Gasteiger partial charge on any atom is 0.217 e. The summed E-state index contributed by atoms with van der Waals surface area (Å²) in [6.45, 7) is 1.51.